The van der Waals surface area contributed by atoms with E-state index in [2.05, 4.69) is 21.0 Å². The van der Waals surface area contributed by atoms with Gasteiger partial charge < -0.3 is 0 Å². The molecule has 1 rings (SSSR count). The van der Waals surface area contributed by atoms with Crippen LogP contribution in [-0.2, 0) is 13.5 Å². The van der Waals surface area contributed by atoms with Crippen LogP contribution in [0.3, 0.4) is 0 Å². The molecule has 0 atom stereocenters. The van der Waals surface area contributed by atoms with Crippen LogP contribution in [0.5, 0.6) is 0 Å². The highest BCUT2D eigenvalue weighted by Crippen LogP contribution is 2.16. The lowest BCUT2D eigenvalue weighted by Gasteiger charge is -1.99. The van der Waals surface area contributed by atoms with Crippen LogP contribution in [0.4, 0.5) is 0 Å². The van der Waals surface area contributed by atoms with Gasteiger partial charge in [0.1, 0.15) is 0 Å². The van der Waals surface area contributed by atoms with Crippen molar-refractivity contribution >= 4 is 27.5 Å². The molecule has 62 valence electrons. The first-order chi connectivity index (χ1) is 5.25. The molecule has 0 fully saturated rings. The summed E-state index contributed by atoms with van der Waals surface area (Å²) in [5, 5.41) is 4.10. The Morgan fingerprint density at radius 1 is 1.73 bits per heavy atom. The second-order valence-corrected chi connectivity index (χ2v) is 3.59. The first-order valence-corrected chi connectivity index (χ1v) is 4.81. The maximum absolute atomic E-state index is 5.58. The highest BCUT2D eigenvalue weighted by Gasteiger charge is 2.03. The van der Waals surface area contributed by atoms with Gasteiger partial charge in [-0.3, -0.25) is 4.68 Å². The van der Waals surface area contributed by atoms with Crippen LogP contribution in [0, 0.1) is 0 Å². The van der Waals surface area contributed by atoms with E-state index in [1.54, 1.807) is 0 Å². The molecule has 1 heterocycles. The molecule has 0 spiro atoms. The number of hydrogen-bond acceptors (Lipinski definition) is 1. The number of halogens is 2. The molecule has 2 nitrogen and oxygen atoms in total. The summed E-state index contributed by atoms with van der Waals surface area (Å²) in [6.45, 7) is 0. The number of aryl methyl sites for hydroxylation is 1. The van der Waals surface area contributed by atoms with Crippen molar-refractivity contribution in [1.82, 2.24) is 9.78 Å². The van der Waals surface area contributed by atoms with Crippen molar-refractivity contribution in [2.75, 3.05) is 5.88 Å². The van der Waals surface area contributed by atoms with E-state index < -0.39 is 0 Å². The maximum Gasteiger partial charge on any atom is 0.0635 e. The van der Waals surface area contributed by atoms with Gasteiger partial charge in [0, 0.05) is 12.9 Å². The minimum absolute atomic E-state index is 0.706. The molecular formula is C7H10BrClN2. The van der Waals surface area contributed by atoms with Gasteiger partial charge in [0.05, 0.1) is 16.4 Å². The Balaban J connectivity index is 2.67. The van der Waals surface area contributed by atoms with Crippen molar-refractivity contribution in [2.45, 2.75) is 12.8 Å². The molecule has 1 aromatic rings. The summed E-state index contributed by atoms with van der Waals surface area (Å²) in [5.74, 6) is 0.706. The van der Waals surface area contributed by atoms with Crippen molar-refractivity contribution in [3.63, 3.8) is 0 Å². The Labute approximate surface area is 79.7 Å². The van der Waals surface area contributed by atoms with Crippen molar-refractivity contribution in [3.05, 3.63) is 16.4 Å². The van der Waals surface area contributed by atoms with Crippen molar-refractivity contribution in [2.24, 2.45) is 7.05 Å². The SMILES string of the molecule is Cn1ncc(Br)c1CCCCl. The molecule has 0 aliphatic carbocycles. The molecule has 11 heavy (non-hydrogen) atoms. The number of nitrogens with zero attached hydrogens (tertiary/aromatic N) is 2. The van der Waals surface area contributed by atoms with E-state index in [0.717, 1.165) is 17.3 Å². The van der Waals surface area contributed by atoms with Crippen LogP contribution in [0.15, 0.2) is 10.7 Å². The fourth-order valence-corrected chi connectivity index (χ4v) is 1.63. The molecule has 0 amide bonds. The fourth-order valence-electron chi connectivity index (χ4n) is 0.952. The Hall–Kier alpha value is -0.0200. The number of aromatic nitrogens is 2. The summed E-state index contributed by atoms with van der Waals surface area (Å²) >= 11 is 9.00. The van der Waals surface area contributed by atoms with Crippen LogP contribution in [-0.4, -0.2) is 15.7 Å². The van der Waals surface area contributed by atoms with Gasteiger partial charge in [0.25, 0.3) is 0 Å². The number of hydrogen-bond donors (Lipinski definition) is 0. The van der Waals surface area contributed by atoms with Crippen molar-refractivity contribution in [3.8, 4) is 0 Å². The zero-order valence-corrected chi connectivity index (χ0v) is 8.69. The third-order valence-electron chi connectivity index (χ3n) is 1.56. The second-order valence-electron chi connectivity index (χ2n) is 2.36. The molecule has 0 aliphatic heterocycles. The van der Waals surface area contributed by atoms with E-state index in [1.165, 1.54) is 5.69 Å². The molecule has 1 aromatic heterocycles. The third kappa shape index (κ3) is 2.20. The first kappa shape index (κ1) is 9.07. The maximum atomic E-state index is 5.58. The highest BCUT2D eigenvalue weighted by molar-refractivity contribution is 9.10. The monoisotopic (exact) mass is 236 g/mol. The summed E-state index contributed by atoms with van der Waals surface area (Å²) in [7, 11) is 1.94. The van der Waals surface area contributed by atoms with Crippen LogP contribution >= 0.6 is 27.5 Å². The molecule has 4 heteroatoms. The van der Waals surface area contributed by atoms with Crippen molar-refractivity contribution < 1.29 is 0 Å². The largest absolute Gasteiger partial charge is 0.271 e. The second kappa shape index (κ2) is 4.12. The van der Waals surface area contributed by atoms with Gasteiger partial charge in [-0.15, -0.1) is 11.6 Å². The van der Waals surface area contributed by atoms with E-state index in [1.807, 2.05) is 17.9 Å². The Morgan fingerprint density at radius 3 is 2.91 bits per heavy atom. The molecule has 0 saturated carbocycles. The lowest BCUT2D eigenvalue weighted by atomic mass is 10.2. The topological polar surface area (TPSA) is 17.8 Å². The summed E-state index contributed by atoms with van der Waals surface area (Å²) < 4.78 is 2.95. The fraction of sp³-hybridized carbons (Fsp3) is 0.571. The molecular weight excluding hydrogens is 227 g/mol. The normalized spacial score (nSPS) is 10.5. The number of rotatable bonds is 3. The van der Waals surface area contributed by atoms with Crippen LogP contribution in [0.1, 0.15) is 12.1 Å². The summed E-state index contributed by atoms with van der Waals surface area (Å²) in [6.07, 6.45) is 3.80. The standard InChI is InChI=1S/C7H10BrClN2/c1-11-7(3-2-4-9)6(8)5-10-11/h5H,2-4H2,1H3. The van der Waals surface area contributed by atoms with E-state index in [4.69, 9.17) is 11.6 Å². The molecule has 0 aromatic carbocycles. The lowest BCUT2D eigenvalue weighted by Crippen LogP contribution is -1.98. The van der Waals surface area contributed by atoms with Crippen LogP contribution in [0.2, 0.25) is 0 Å². The zero-order chi connectivity index (χ0) is 8.27. The highest BCUT2D eigenvalue weighted by atomic mass is 79.9. The van der Waals surface area contributed by atoms with Gasteiger partial charge in [0.2, 0.25) is 0 Å². The van der Waals surface area contributed by atoms with E-state index in [9.17, 15) is 0 Å². The summed E-state index contributed by atoms with van der Waals surface area (Å²) in [6, 6.07) is 0. The van der Waals surface area contributed by atoms with Gasteiger partial charge in [-0.25, -0.2) is 0 Å². The van der Waals surface area contributed by atoms with E-state index >= 15 is 0 Å². The Kier molecular flexibility index (Phi) is 3.40. The molecule has 0 N–H and O–H groups in total. The van der Waals surface area contributed by atoms with Gasteiger partial charge in [0.15, 0.2) is 0 Å². The molecule has 0 unspecified atom stereocenters. The predicted octanol–water partition coefficient (Wildman–Crippen LogP) is 2.35. The lowest BCUT2D eigenvalue weighted by molar-refractivity contribution is 0.697. The summed E-state index contributed by atoms with van der Waals surface area (Å²) in [4.78, 5) is 0. The smallest absolute Gasteiger partial charge is 0.0635 e. The van der Waals surface area contributed by atoms with Gasteiger partial charge in [-0.2, -0.15) is 5.10 Å². The quantitative estimate of drug-likeness (QED) is 0.738. The zero-order valence-electron chi connectivity index (χ0n) is 6.35. The third-order valence-corrected chi connectivity index (χ3v) is 2.49. The average Bonchev–Trinajstić information content (AvgIpc) is 2.29. The minimum atomic E-state index is 0.706. The van der Waals surface area contributed by atoms with Gasteiger partial charge in [-0.05, 0) is 28.8 Å². The van der Waals surface area contributed by atoms with Crippen molar-refractivity contribution in [1.29, 1.82) is 0 Å². The van der Waals surface area contributed by atoms with Gasteiger partial charge >= 0.3 is 0 Å². The molecule has 0 bridgehead atoms. The molecule has 0 radical (unpaired) electrons. The van der Waals surface area contributed by atoms with E-state index in [0.29, 0.717) is 5.88 Å². The van der Waals surface area contributed by atoms with E-state index in [-0.39, 0.29) is 0 Å². The van der Waals surface area contributed by atoms with Gasteiger partial charge in [-0.1, -0.05) is 0 Å². The summed E-state index contributed by atoms with van der Waals surface area (Å²) in [5.41, 5.74) is 1.21. The Bertz CT molecular complexity index is 215. The first-order valence-electron chi connectivity index (χ1n) is 3.48. The minimum Gasteiger partial charge on any atom is -0.271 e. The molecule has 0 aliphatic rings. The number of alkyl halides is 1. The Morgan fingerprint density at radius 2 is 2.45 bits per heavy atom. The molecule has 0 saturated heterocycles. The van der Waals surface area contributed by atoms with Crippen LogP contribution < -0.4 is 0 Å². The average molecular weight is 238 g/mol. The predicted molar refractivity (Wildman–Crippen MR) is 49.9 cm³/mol. The van der Waals surface area contributed by atoms with Crippen LogP contribution in [0.25, 0.3) is 0 Å².